The Hall–Kier alpha value is -4.03. The Kier molecular flexibility index (Phi) is 3.96. The highest BCUT2D eigenvalue weighted by molar-refractivity contribution is 5.86. The number of hydrogen-bond donors (Lipinski definition) is 2. The topological polar surface area (TPSA) is 147 Å². The van der Waals surface area contributed by atoms with Gasteiger partial charge in [-0.1, -0.05) is 0 Å². The van der Waals surface area contributed by atoms with Gasteiger partial charge in [-0.3, -0.25) is 0 Å². The molecule has 0 atom stereocenters. The maximum Gasteiger partial charge on any atom is 0.175 e. The van der Waals surface area contributed by atoms with E-state index in [1.165, 1.54) is 12.4 Å². The van der Waals surface area contributed by atoms with Crippen LogP contribution < -0.4 is 10.6 Å². The van der Waals surface area contributed by atoms with E-state index in [2.05, 4.69) is 36.6 Å². The minimum atomic E-state index is -0.00942. The third kappa shape index (κ3) is 2.80. The lowest BCUT2D eigenvalue weighted by molar-refractivity contribution is 0.935. The first kappa shape index (κ1) is 14.9. The zero-order chi connectivity index (χ0) is 16.9. The van der Waals surface area contributed by atoms with Crippen molar-refractivity contribution in [3.63, 3.8) is 0 Å². The first-order valence-electron chi connectivity index (χ1n) is 6.85. The predicted molar refractivity (Wildman–Crippen MR) is 82.5 cm³/mol. The van der Waals surface area contributed by atoms with Gasteiger partial charge in [-0.2, -0.15) is 15.8 Å². The van der Waals surface area contributed by atoms with Crippen LogP contribution in [0.5, 0.6) is 0 Å². The zero-order valence-corrected chi connectivity index (χ0v) is 12.3. The second-order valence-electron chi connectivity index (χ2n) is 4.70. The minimum Gasteiger partial charge on any atom is -0.322 e. The highest BCUT2D eigenvalue weighted by Crippen LogP contribution is 2.29. The smallest absolute Gasteiger partial charge is 0.175 e. The average Bonchev–Trinajstić information content (AvgIpc) is 2.99. The number of anilines is 2. The Morgan fingerprint density at radius 1 is 0.958 bits per heavy atom. The fraction of sp³-hybridized carbons (Fsp3) is 0.133. The molecule has 2 aromatic rings. The molecule has 3 heterocycles. The van der Waals surface area contributed by atoms with Crippen LogP contribution in [0.3, 0.4) is 0 Å². The average molecular weight is 315 g/mol. The number of allylic oxidation sites excluding steroid dienone is 1. The second-order valence-corrected chi connectivity index (χ2v) is 4.70. The van der Waals surface area contributed by atoms with Gasteiger partial charge in [0.05, 0.1) is 36.4 Å². The SMILES string of the molecule is N#CCc1cc(C(C#N)=C2Nc3nccnc3N2)nc(CC#N)n1. The molecular weight excluding hydrogens is 306 g/mol. The molecule has 0 amide bonds. The molecule has 1 aliphatic rings. The van der Waals surface area contributed by atoms with Gasteiger partial charge < -0.3 is 10.6 Å². The highest BCUT2D eigenvalue weighted by atomic mass is 15.3. The van der Waals surface area contributed by atoms with Crippen molar-refractivity contribution >= 4 is 17.2 Å². The van der Waals surface area contributed by atoms with Crippen LogP contribution in [0, 0.1) is 34.0 Å². The van der Waals surface area contributed by atoms with Crippen LogP contribution in [0.1, 0.15) is 17.2 Å². The quantitative estimate of drug-likeness (QED) is 0.795. The predicted octanol–water partition coefficient (Wildman–Crippen LogP) is 1.13. The van der Waals surface area contributed by atoms with Gasteiger partial charge in [-0.25, -0.2) is 19.9 Å². The molecule has 9 nitrogen and oxygen atoms in total. The molecule has 9 heteroatoms. The Morgan fingerprint density at radius 2 is 1.62 bits per heavy atom. The van der Waals surface area contributed by atoms with Gasteiger partial charge in [-0.05, 0) is 6.07 Å². The van der Waals surface area contributed by atoms with Crippen molar-refractivity contribution in [2.24, 2.45) is 0 Å². The normalized spacial score (nSPS) is 11.3. The maximum absolute atomic E-state index is 9.54. The third-order valence-electron chi connectivity index (χ3n) is 3.13. The molecule has 0 radical (unpaired) electrons. The second kappa shape index (κ2) is 6.39. The van der Waals surface area contributed by atoms with E-state index in [0.717, 1.165) is 0 Å². The zero-order valence-electron chi connectivity index (χ0n) is 12.3. The lowest BCUT2D eigenvalue weighted by atomic mass is 10.1. The van der Waals surface area contributed by atoms with Crippen molar-refractivity contribution in [1.29, 1.82) is 15.8 Å². The van der Waals surface area contributed by atoms with Crippen LogP contribution in [0.4, 0.5) is 11.6 Å². The minimum absolute atomic E-state index is 0.00942. The number of nitriles is 3. The van der Waals surface area contributed by atoms with Gasteiger partial charge in [0.25, 0.3) is 0 Å². The molecule has 0 bridgehead atoms. The van der Waals surface area contributed by atoms with Crippen LogP contribution in [0.15, 0.2) is 24.3 Å². The van der Waals surface area contributed by atoms with Crippen molar-refractivity contribution in [1.82, 2.24) is 19.9 Å². The number of nitrogens with one attached hydrogen (secondary N) is 2. The maximum atomic E-state index is 9.54. The summed E-state index contributed by atoms with van der Waals surface area (Å²) in [5, 5.41) is 33.2. The van der Waals surface area contributed by atoms with Crippen molar-refractivity contribution < 1.29 is 0 Å². The molecule has 0 aromatic carbocycles. The largest absolute Gasteiger partial charge is 0.322 e. The molecule has 0 unspecified atom stereocenters. The summed E-state index contributed by atoms with van der Waals surface area (Å²) in [6, 6.07) is 7.60. The number of nitrogens with zero attached hydrogens (tertiary/aromatic N) is 7. The molecule has 0 spiro atoms. The lowest BCUT2D eigenvalue weighted by Gasteiger charge is -2.07. The van der Waals surface area contributed by atoms with E-state index in [9.17, 15) is 5.26 Å². The van der Waals surface area contributed by atoms with Crippen molar-refractivity contribution in [3.8, 4) is 18.2 Å². The molecular formula is C15H9N9. The summed E-state index contributed by atoms with van der Waals surface area (Å²) in [4.78, 5) is 16.6. The summed E-state index contributed by atoms with van der Waals surface area (Å²) in [7, 11) is 0. The van der Waals surface area contributed by atoms with E-state index in [1.807, 2.05) is 12.1 Å². The number of aromatic nitrogens is 4. The van der Waals surface area contributed by atoms with Gasteiger partial charge in [0.1, 0.15) is 23.3 Å². The van der Waals surface area contributed by atoms with E-state index in [1.54, 1.807) is 6.07 Å². The van der Waals surface area contributed by atoms with Crippen LogP contribution in [-0.4, -0.2) is 19.9 Å². The Balaban J connectivity index is 2.07. The molecule has 1 aliphatic heterocycles. The van der Waals surface area contributed by atoms with Crippen molar-refractivity contribution in [2.75, 3.05) is 10.6 Å². The summed E-state index contributed by atoms with van der Waals surface area (Å²) >= 11 is 0. The standard InChI is InChI=1S/C15H9N9/c16-3-1-9-7-11(22-12(21-9)2-4-17)10(8-18)13-23-14-15(24-13)20-6-5-19-14/h5-7H,1-2H2,(H,19,23)(H,20,24). The number of rotatable bonds is 3. The molecule has 3 rings (SSSR count). The van der Waals surface area contributed by atoms with Crippen LogP contribution in [-0.2, 0) is 12.8 Å². The van der Waals surface area contributed by atoms with Crippen molar-refractivity contribution in [3.05, 3.63) is 41.5 Å². The fourth-order valence-electron chi connectivity index (χ4n) is 2.16. The summed E-state index contributed by atoms with van der Waals surface area (Å²) in [5.74, 6) is 1.66. The van der Waals surface area contributed by atoms with Crippen LogP contribution in [0.2, 0.25) is 0 Å². The number of hydrogen-bond acceptors (Lipinski definition) is 9. The Bertz CT molecular complexity index is 895. The van der Waals surface area contributed by atoms with E-state index in [4.69, 9.17) is 10.5 Å². The molecule has 0 saturated heterocycles. The molecule has 24 heavy (non-hydrogen) atoms. The summed E-state index contributed by atoms with van der Waals surface area (Å²) < 4.78 is 0. The van der Waals surface area contributed by atoms with E-state index in [0.29, 0.717) is 28.8 Å². The van der Waals surface area contributed by atoms with Gasteiger partial charge in [0.15, 0.2) is 11.6 Å². The third-order valence-corrected chi connectivity index (χ3v) is 3.13. The summed E-state index contributed by atoms with van der Waals surface area (Å²) in [5.41, 5.74) is 0.995. The first-order chi connectivity index (χ1) is 11.7. The van der Waals surface area contributed by atoms with Gasteiger partial charge in [0, 0.05) is 12.4 Å². The lowest BCUT2D eigenvalue weighted by Crippen LogP contribution is -2.08. The van der Waals surface area contributed by atoms with E-state index >= 15 is 0 Å². The summed E-state index contributed by atoms with van der Waals surface area (Å²) in [6.45, 7) is 0. The fourth-order valence-corrected chi connectivity index (χ4v) is 2.16. The Labute approximate surface area is 137 Å². The molecule has 2 aromatic heterocycles. The van der Waals surface area contributed by atoms with E-state index in [-0.39, 0.29) is 24.2 Å². The monoisotopic (exact) mass is 315 g/mol. The van der Waals surface area contributed by atoms with Gasteiger partial charge in [0.2, 0.25) is 0 Å². The first-order valence-corrected chi connectivity index (χ1v) is 6.85. The molecule has 2 N–H and O–H groups in total. The van der Waals surface area contributed by atoms with Crippen molar-refractivity contribution in [2.45, 2.75) is 12.8 Å². The number of fused-ring (bicyclic) bond motifs is 1. The highest BCUT2D eigenvalue weighted by Gasteiger charge is 2.22. The Morgan fingerprint density at radius 3 is 2.21 bits per heavy atom. The molecule has 0 aliphatic carbocycles. The molecule has 114 valence electrons. The van der Waals surface area contributed by atoms with Crippen LogP contribution >= 0.6 is 0 Å². The van der Waals surface area contributed by atoms with Crippen LogP contribution in [0.25, 0.3) is 5.57 Å². The molecule has 0 fully saturated rings. The van der Waals surface area contributed by atoms with Gasteiger partial charge in [-0.15, -0.1) is 0 Å². The molecule has 0 saturated carbocycles. The van der Waals surface area contributed by atoms with E-state index < -0.39 is 0 Å². The van der Waals surface area contributed by atoms with Gasteiger partial charge >= 0.3 is 0 Å². The summed E-state index contributed by atoms with van der Waals surface area (Å²) in [6.07, 6.45) is 3.11.